The highest BCUT2D eigenvalue weighted by Gasteiger charge is 2.28. The van der Waals surface area contributed by atoms with Crippen LogP contribution >= 0.6 is 11.6 Å². The van der Waals surface area contributed by atoms with Crippen molar-refractivity contribution in [1.29, 1.82) is 0 Å². The average Bonchev–Trinajstić information content (AvgIpc) is 3.14. The van der Waals surface area contributed by atoms with Gasteiger partial charge < -0.3 is 14.1 Å². The molecule has 0 spiro atoms. The van der Waals surface area contributed by atoms with Crippen LogP contribution < -0.4 is 15.8 Å². The van der Waals surface area contributed by atoms with Crippen molar-refractivity contribution >= 4 is 29.4 Å². The Morgan fingerprint density at radius 3 is 3.23 bits per heavy atom. The zero-order valence-corrected chi connectivity index (χ0v) is 12.0. The first-order chi connectivity index (χ1) is 10.6. The van der Waals surface area contributed by atoms with Gasteiger partial charge in [0, 0.05) is 13.0 Å². The smallest absolute Gasteiger partial charge is 0.415 e. The van der Waals surface area contributed by atoms with Crippen LogP contribution in [0.1, 0.15) is 6.42 Å². The number of aromatic nitrogens is 3. The molecule has 0 radical (unpaired) electrons. The summed E-state index contributed by atoms with van der Waals surface area (Å²) in [6, 6.07) is 0.0710. The number of oxazole rings is 1. The van der Waals surface area contributed by atoms with Crippen LogP contribution in [0.5, 0.6) is 0 Å². The molecule has 22 heavy (non-hydrogen) atoms. The number of anilines is 2. The fraction of sp³-hybridized carbons (Fsp3) is 0.333. The van der Waals surface area contributed by atoms with Gasteiger partial charge in [0.2, 0.25) is 0 Å². The Hall–Kier alpha value is -2.55. The van der Waals surface area contributed by atoms with Crippen molar-refractivity contribution in [1.82, 2.24) is 15.2 Å². The highest BCUT2D eigenvalue weighted by atomic mass is 35.5. The second-order valence-corrected chi connectivity index (χ2v) is 5.00. The maximum atomic E-state index is 11.7. The van der Waals surface area contributed by atoms with E-state index in [1.54, 1.807) is 0 Å². The van der Waals surface area contributed by atoms with Gasteiger partial charge in [-0.3, -0.25) is 4.79 Å². The van der Waals surface area contributed by atoms with Crippen LogP contribution in [0.25, 0.3) is 0 Å². The lowest BCUT2D eigenvalue weighted by atomic mass is 10.3. The number of carbonyl (C=O) groups excluding carboxylic acids is 1. The van der Waals surface area contributed by atoms with Crippen molar-refractivity contribution in [2.75, 3.05) is 23.3 Å². The number of carbonyl (C=O) groups is 1. The Morgan fingerprint density at radius 1 is 1.59 bits per heavy atom. The lowest BCUT2D eigenvalue weighted by Gasteiger charge is -2.18. The van der Waals surface area contributed by atoms with E-state index in [1.807, 2.05) is 4.90 Å². The molecule has 1 atom stereocenters. The molecule has 1 fully saturated rings. The molecule has 10 heteroatoms. The normalized spacial score (nSPS) is 17.5. The van der Waals surface area contributed by atoms with Crippen molar-refractivity contribution in [3.63, 3.8) is 0 Å². The van der Waals surface area contributed by atoms with E-state index in [1.165, 1.54) is 18.7 Å². The molecular weight excluding hydrogens is 314 g/mol. The summed E-state index contributed by atoms with van der Waals surface area (Å²) in [5.74, 6) is 0. The van der Waals surface area contributed by atoms with Crippen LogP contribution in [0.3, 0.4) is 0 Å². The lowest BCUT2D eigenvalue weighted by molar-refractivity contribution is 0.121. The van der Waals surface area contributed by atoms with E-state index in [2.05, 4.69) is 20.5 Å². The quantitative estimate of drug-likeness (QED) is 0.872. The van der Waals surface area contributed by atoms with Crippen molar-refractivity contribution in [2.45, 2.75) is 12.5 Å². The summed E-state index contributed by atoms with van der Waals surface area (Å²) >= 11 is 5.96. The van der Waals surface area contributed by atoms with E-state index in [4.69, 9.17) is 20.8 Å². The molecule has 3 heterocycles. The molecule has 0 saturated carbocycles. The molecule has 2 N–H and O–H groups in total. The maximum Gasteiger partial charge on any atom is 0.415 e. The molecule has 1 amide bonds. The molecule has 0 bridgehead atoms. The first-order valence-corrected chi connectivity index (χ1v) is 6.86. The highest BCUT2D eigenvalue weighted by molar-refractivity contribution is 6.33. The van der Waals surface area contributed by atoms with E-state index >= 15 is 0 Å². The number of nitrogens with one attached hydrogen (secondary N) is 2. The van der Waals surface area contributed by atoms with E-state index in [-0.39, 0.29) is 17.1 Å². The largest absolute Gasteiger partial charge is 0.444 e. The summed E-state index contributed by atoms with van der Waals surface area (Å²) in [4.78, 5) is 28.7. The van der Waals surface area contributed by atoms with Gasteiger partial charge in [-0.1, -0.05) is 11.6 Å². The first-order valence-electron chi connectivity index (χ1n) is 6.49. The van der Waals surface area contributed by atoms with Crippen molar-refractivity contribution in [3.8, 4) is 0 Å². The number of hydrogen-bond acceptors (Lipinski definition) is 7. The summed E-state index contributed by atoms with van der Waals surface area (Å²) in [5.41, 5.74) is 0.0646. The Bertz CT molecular complexity index is 717. The highest BCUT2D eigenvalue weighted by Crippen LogP contribution is 2.25. The number of aromatic amines is 1. The van der Waals surface area contributed by atoms with E-state index in [0.717, 1.165) is 0 Å². The van der Waals surface area contributed by atoms with Gasteiger partial charge in [-0.15, -0.1) is 0 Å². The van der Waals surface area contributed by atoms with Crippen LogP contribution in [-0.2, 0) is 4.74 Å². The number of nitrogens with zero attached hydrogens (tertiary/aromatic N) is 3. The van der Waals surface area contributed by atoms with Crippen molar-refractivity contribution in [2.24, 2.45) is 0 Å². The molecule has 116 valence electrons. The Balaban J connectivity index is 1.59. The SMILES string of the molecule is O=C(Nc1ncco1)O[C@@H]1CCN(c2cn[nH]c(=O)c2Cl)C1. The third-order valence-electron chi connectivity index (χ3n) is 3.18. The van der Waals surface area contributed by atoms with Crippen LogP contribution in [-0.4, -0.2) is 40.5 Å². The third kappa shape index (κ3) is 3.03. The molecular formula is C12H12ClN5O4. The van der Waals surface area contributed by atoms with Gasteiger partial charge >= 0.3 is 12.1 Å². The predicted octanol–water partition coefficient (Wildman–Crippen LogP) is 1.24. The molecule has 0 aliphatic carbocycles. The zero-order chi connectivity index (χ0) is 15.5. The minimum Gasteiger partial charge on any atom is -0.444 e. The number of ether oxygens (including phenoxy) is 1. The summed E-state index contributed by atoms with van der Waals surface area (Å²) in [5, 5.41) is 8.42. The minimum absolute atomic E-state index is 0.0693. The molecule has 1 saturated heterocycles. The van der Waals surface area contributed by atoms with Crippen molar-refractivity contribution in [3.05, 3.63) is 34.0 Å². The van der Waals surface area contributed by atoms with Gasteiger partial charge in [0.25, 0.3) is 5.56 Å². The predicted molar refractivity (Wildman–Crippen MR) is 77.1 cm³/mol. The van der Waals surface area contributed by atoms with Gasteiger partial charge in [0.15, 0.2) is 0 Å². The number of H-pyrrole nitrogens is 1. The summed E-state index contributed by atoms with van der Waals surface area (Å²) in [6.07, 6.45) is 3.86. The lowest BCUT2D eigenvalue weighted by Crippen LogP contribution is -2.28. The van der Waals surface area contributed by atoms with Gasteiger partial charge in [-0.25, -0.2) is 20.2 Å². The number of hydrogen-bond donors (Lipinski definition) is 2. The molecule has 3 rings (SSSR count). The first kappa shape index (κ1) is 14.4. The third-order valence-corrected chi connectivity index (χ3v) is 3.54. The molecule has 9 nitrogen and oxygen atoms in total. The van der Waals surface area contributed by atoms with Crippen LogP contribution in [0, 0.1) is 0 Å². The van der Waals surface area contributed by atoms with Gasteiger partial charge in [-0.2, -0.15) is 5.10 Å². The van der Waals surface area contributed by atoms with E-state index < -0.39 is 11.7 Å². The van der Waals surface area contributed by atoms with Crippen LogP contribution in [0.15, 0.2) is 27.9 Å². The topological polar surface area (TPSA) is 113 Å². The summed E-state index contributed by atoms with van der Waals surface area (Å²) in [6.45, 7) is 1.02. The fourth-order valence-corrected chi connectivity index (χ4v) is 2.40. The number of amides is 1. The monoisotopic (exact) mass is 325 g/mol. The second kappa shape index (κ2) is 6.06. The average molecular weight is 326 g/mol. The Kier molecular flexibility index (Phi) is 3.96. The van der Waals surface area contributed by atoms with Gasteiger partial charge in [-0.05, 0) is 0 Å². The Morgan fingerprint density at radius 2 is 2.45 bits per heavy atom. The van der Waals surface area contributed by atoms with Gasteiger partial charge in [0.1, 0.15) is 17.4 Å². The molecule has 0 unspecified atom stereocenters. The van der Waals surface area contributed by atoms with Crippen molar-refractivity contribution < 1.29 is 13.9 Å². The number of halogens is 1. The minimum atomic E-state index is -0.649. The summed E-state index contributed by atoms with van der Waals surface area (Å²) in [7, 11) is 0. The molecule has 0 aromatic carbocycles. The van der Waals surface area contributed by atoms with Gasteiger partial charge in [0.05, 0.1) is 24.6 Å². The second-order valence-electron chi connectivity index (χ2n) is 4.62. The van der Waals surface area contributed by atoms with E-state index in [0.29, 0.717) is 25.2 Å². The zero-order valence-electron chi connectivity index (χ0n) is 11.3. The molecule has 1 aliphatic heterocycles. The standard InChI is InChI=1S/C12H12ClN5O4/c13-9-8(5-15-17-10(9)19)18-3-1-7(6-18)22-12(20)16-11-14-2-4-21-11/h2,4-5,7H,1,3,6H2,(H,17,19)(H,14,16,20)/t7-/m1/s1. The van der Waals surface area contributed by atoms with E-state index in [9.17, 15) is 9.59 Å². The molecule has 2 aromatic heterocycles. The molecule has 1 aliphatic rings. The van der Waals surface area contributed by atoms with Crippen LogP contribution in [0.4, 0.5) is 16.5 Å². The Labute approximate surface area is 129 Å². The number of rotatable bonds is 3. The fourth-order valence-electron chi connectivity index (χ4n) is 2.19. The summed E-state index contributed by atoms with van der Waals surface area (Å²) < 4.78 is 10.2. The van der Waals surface area contributed by atoms with Crippen LogP contribution in [0.2, 0.25) is 5.02 Å². The maximum absolute atomic E-state index is 11.7. The molecule has 2 aromatic rings.